The number of benzene rings is 1. The van der Waals surface area contributed by atoms with Crippen molar-refractivity contribution in [2.24, 2.45) is 0 Å². The van der Waals surface area contributed by atoms with Crippen molar-refractivity contribution in [2.75, 3.05) is 21.3 Å². The molecule has 0 bridgehead atoms. The molecule has 0 aliphatic heterocycles. The second-order valence-corrected chi connectivity index (χ2v) is 4.80. The van der Waals surface area contributed by atoms with Gasteiger partial charge in [-0.15, -0.1) is 0 Å². The second-order valence-electron chi connectivity index (χ2n) is 4.31. The van der Waals surface area contributed by atoms with Gasteiger partial charge in [0, 0.05) is 22.9 Å². The van der Waals surface area contributed by atoms with E-state index in [4.69, 9.17) is 26.4 Å². The largest absolute Gasteiger partial charge is 0.496 e. The zero-order valence-electron chi connectivity index (χ0n) is 12.3. The minimum absolute atomic E-state index is 0.517. The molecule has 0 amide bonds. The van der Waals surface area contributed by atoms with Crippen molar-refractivity contribution in [2.45, 2.75) is 6.42 Å². The van der Waals surface area contributed by atoms with Crippen molar-refractivity contribution < 1.29 is 14.2 Å². The first-order chi connectivity index (χ1) is 10.2. The molecule has 0 spiro atoms. The third-order valence-corrected chi connectivity index (χ3v) is 3.44. The number of methoxy groups -OCH3 is 3. The first kappa shape index (κ1) is 15.3. The van der Waals surface area contributed by atoms with E-state index in [1.165, 1.54) is 0 Å². The number of rotatable bonds is 6. The third-order valence-electron chi connectivity index (χ3n) is 3.09. The first-order valence-electron chi connectivity index (χ1n) is 6.43. The predicted octanol–water partition coefficient (Wildman–Crippen LogP) is 3.07. The Morgan fingerprint density at radius 3 is 2.14 bits per heavy atom. The molecule has 0 fully saturated rings. The predicted molar refractivity (Wildman–Crippen MR) is 85.7 cm³/mol. The van der Waals surface area contributed by atoms with Crippen LogP contribution in [0.1, 0.15) is 11.3 Å². The molecule has 0 N–H and O–H groups in total. The van der Waals surface area contributed by atoms with Crippen LogP contribution in [0.25, 0.3) is 0 Å². The van der Waals surface area contributed by atoms with Crippen molar-refractivity contribution in [3.05, 3.63) is 47.7 Å². The summed E-state index contributed by atoms with van der Waals surface area (Å²) in [5.74, 6) is 2.04. The summed E-state index contributed by atoms with van der Waals surface area (Å²) in [5.41, 5.74) is 1.63. The lowest BCUT2D eigenvalue weighted by Gasteiger charge is -2.13. The molecule has 1 aromatic carbocycles. The molecule has 0 aliphatic rings. The van der Waals surface area contributed by atoms with Gasteiger partial charge in [-0.1, -0.05) is 24.4 Å². The van der Waals surface area contributed by atoms with E-state index in [9.17, 15) is 0 Å². The second kappa shape index (κ2) is 7.04. The molecule has 4 nitrogen and oxygen atoms in total. The van der Waals surface area contributed by atoms with Gasteiger partial charge >= 0.3 is 0 Å². The van der Waals surface area contributed by atoms with Gasteiger partial charge in [-0.3, -0.25) is 0 Å². The molecule has 0 unspecified atom stereocenters. The van der Waals surface area contributed by atoms with Gasteiger partial charge < -0.3 is 14.2 Å². The number of aromatic nitrogens is 1. The fourth-order valence-electron chi connectivity index (χ4n) is 2.04. The van der Waals surface area contributed by atoms with Crippen molar-refractivity contribution >= 4 is 17.1 Å². The van der Waals surface area contributed by atoms with Gasteiger partial charge in [0.05, 0.1) is 27.0 Å². The highest BCUT2D eigenvalue weighted by Crippen LogP contribution is 2.29. The minimum Gasteiger partial charge on any atom is -0.496 e. The van der Waals surface area contributed by atoms with Crippen LogP contribution in [-0.4, -0.2) is 31.2 Å². The number of ether oxygens (including phenoxy) is 3. The Morgan fingerprint density at radius 1 is 0.952 bits per heavy atom. The monoisotopic (exact) mass is 303 g/mol. The average Bonchev–Trinajstić information content (AvgIpc) is 2.54. The minimum atomic E-state index is 0.517. The third kappa shape index (κ3) is 3.49. The molecule has 0 atom stereocenters. The van der Waals surface area contributed by atoms with Crippen LogP contribution in [0.15, 0.2) is 36.4 Å². The maximum Gasteiger partial charge on any atom is 0.213 e. The van der Waals surface area contributed by atoms with Crippen LogP contribution in [-0.2, 0) is 6.42 Å². The van der Waals surface area contributed by atoms with Crippen LogP contribution in [0.4, 0.5) is 0 Å². The highest BCUT2D eigenvalue weighted by molar-refractivity contribution is 7.80. The van der Waals surface area contributed by atoms with Gasteiger partial charge in [0.1, 0.15) is 11.5 Å². The summed E-state index contributed by atoms with van der Waals surface area (Å²) in [4.78, 5) is 5.06. The molecule has 1 heterocycles. The molecule has 2 aromatic rings. The van der Waals surface area contributed by atoms with Crippen LogP contribution >= 0.6 is 12.2 Å². The summed E-state index contributed by atoms with van der Waals surface area (Å²) in [6, 6.07) is 11.2. The Hall–Kier alpha value is -2.14. The van der Waals surface area contributed by atoms with Gasteiger partial charge in [0.2, 0.25) is 5.88 Å². The Labute approximate surface area is 129 Å². The van der Waals surface area contributed by atoms with Crippen LogP contribution in [0.3, 0.4) is 0 Å². The van der Waals surface area contributed by atoms with Crippen molar-refractivity contribution in [3.8, 4) is 17.4 Å². The highest BCUT2D eigenvalue weighted by atomic mass is 32.1. The Kier molecular flexibility index (Phi) is 5.11. The molecule has 21 heavy (non-hydrogen) atoms. The molecule has 0 radical (unpaired) electrons. The summed E-state index contributed by atoms with van der Waals surface area (Å²) >= 11 is 5.50. The van der Waals surface area contributed by atoms with E-state index in [1.807, 2.05) is 30.3 Å². The normalized spacial score (nSPS) is 10.0. The zero-order valence-corrected chi connectivity index (χ0v) is 13.1. The number of pyridine rings is 1. The lowest BCUT2D eigenvalue weighted by atomic mass is 10.1. The Balaban J connectivity index is 2.30. The number of thiocarbonyl (C=S) groups is 1. The summed E-state index contributed by atoms with van der Waals surface area (Å²) in [6.45, 7) is 0. The van der Waals surface area contributed by atoms with Crippen LogP contribution in [0, 0.1) is 0 Å². The fraction of sp³-hybridized carbons (Fsp3) is 0.250. The van der Waals surface area contributed by atoms with E-state index in [0.29, 0.717) is 17.2 Å². The summed E-state index contributed by atoms with van der Waals surface area (Å²) in [5, 5.41) is 0. The fourth-order valence-corrected chi connectivity index (χ4v) is 2.30. The summed E-state index contributed by atoms with van der Waals surface area (Å²) in [7, 11) is 4.84. The van der Waals surface area contributed by atoms with Crippen LogP contribution < -0.4 is 14.2 Å². The average molecular weight is 303 g/mol. The van der Waals surface area contributed by atoms with E-state index < -0.39 is 0 Å². The van der Waals surface area contributed by atoms with E-state index in [-0.39, 0.29) is 0 Å². The van der Waals surface area contributed by atoms with Crippen molar-refractivity contribution in [3.63, 3.8) is 0 Å². The quantitative estimate of drug-likeness (QED) is 0.606. The van der Waals surface area contributed by atoms with Crippen LogP contribution in [0.5, 0.6) is 17.4 Å². The molecule has 1 aromatic heterocycles. The van der Waals surface area contributed by atoms with E-state index >= 15 is 0 Å². The van der Waals surface area contributed by atoms with Crippen LogP contribution in [0.2, 0.25) is 0 Å². The van der Waals surface area contributed by atoms with Gasteiger partial charge in [0.25, 0.3) is 0 Å². The molecular formula is C16H17NO3S. The molecule has 2 rings (SSSR count). The van der Waals surface area contributed by atoms with Gasteiger partial charge in [-0.2, -0.15) is 0 Å². The molecular weight excluding hydrogens is 286 g/mol. The SMILES string of the molecule is COc1cccc(C(=S)Cc2c(OC)cccc2OC)n1. The Bertz CT molecular complexity index is 621. The standard InChI is InChI=1S/C16H17NO3S/c1-18-13-7-5-8-14(19-2)11(13)10-15(21)12-6-4-9-16(17-12)20-3/h4-9H,10H2,1-3H3. The maximum absolute atomic E-state index is 5.50. The highest BCUT2D eigenvalue weighted by Gasteiger charge is 2.14. The van der Waals surface area contributed by atoms with Crippen molar-refractivity contribution in [1.29, 1.82) is 0 Å². The lowest BCUT2D eigenvalue weighted by Crippen LogP contribution is -2.07. The summed E-state index contributed by atoms with van der Waals surface area (Å²) in [6.07, 6.45) is 0.517. The van der Waals surface area contributed by atoms with E-state index in [0.717, 1.165) is 22.8 Å². The number of hydrogen-bond donors (Lipinski definition) is 0. The van der Waals surface area contributed by atoms with Gasteiger partial charge in [-0.05, 0) is 18.2 Å². The van der Waals surface area contributed by atoms with Crippen molar-refractivity contribution in [1.82, 2.24) is 4.98 Å². The maximum atomic E-state index is 5.50. The van der Waals surface area contributed by atoms with E-state index in [1.54, 1.807) is 27.4 Å². The molecule has 0 saturated heterocycles. The Morgan fingerprint density at radius 2 is 1.57 bits per heavy atom. The molecule has 0 aliphatic carbocycles. The lowest BCUT2D eigenvalue weighted by molar-refractivity contribution is 0.387. The van der Waals surface area contributed by atoms with E-state index in [2.05, 4.69) is 4.98 Å². The summed E-state index contributed by atoms with van der Waals surface area (Å²) < 4.78 is 15.9. The smallest absolute Gasteiger partial charge is 0.213 e. The molecule has 110 valence electrons. The topological polar surface area (TPSA) is 40.6 Å². The molecule has 0 saturated carbocycles. The van der Waals surface area contributed by atoms with Gasteiger partial charge in [-0.25, -0.2) is 4.98 Å². The molecule has 5 heteroatoms. The first-order valence-corrected chi connectivity index (χ1v) is 6.84. The van der Waals surface area contributed by atoms with Gasteiger partial charge in [0.15, 0.2) is 0 Å². The number of hydrogen-bond acceptors (Lipinski definition) is 5. The zero-order chi connectivity index (χ0) is 15.2. The number of nitrogens with zero attached hydrogens (tertiary/aromatic N) is 1.